The molecule has 0 bridgehead atoms. The minimum atomic E-state index is -1.71. The van der Waals surface area contributed by atoms with Crippen LogP contribution in [0, 0.1) is 5.41 Å². The fourth-order valence-corrected chi connectivity index (χ4v) is 3.09. The molecule has 1 aromatic rings. The normalized spacial score (nSPS) is 16.0. The third-order valence-electron chi connectivity index (χ3n) is 4.99. The molecule has 1 aliphatic rings. The molecule has 1 unspecified atom stereocenters. The lowest BCUT2D eigenvalue weighted by Gasteiger charge is -2.29. The largest absolute Gasteiger partial charge is 0.495 e. The number of methoxy groups -OCH3 is 1. The summed E-state index contributed by atoms with van der Waals surface area (Å²) in [5, 5.41) is 7.68. The molecule has 1 heterocycles. The maximum Gasteiger partial charge on any atom is 0.326 e. The van der Waals surface area contributed by atoms with Gasteiger partial charge in [-0.3, -0.25) is 19.2 Å². The first-order valence-electron chi connectivity index (χ1n) is 10.3. The van der Waals surface area contributed by atoms with Gasteiger partial charge in [0.2, 0.25) is 0 Å². The number of ether oxygens (including phenoxy) is 1. The number of urea groups is 1. The molecule has 2 rings (SSSR count). The summed E-state index contributed by atoms with van der Waals surface area (Å²) in [7, 11) is 1.38. The summed E-state index contributed by atoms with van der Waals surface area (Å²) in [4.78, 5) is 64.6. The van der Waals surface area contributed by atoms with E-state index in [1.54, 1.807) is 33.8 Å². The van der Waals surface area contributed by atoms with Gasteiger partial charge in [-0.15, -0.1) is 0 Å². The van der Waals surface area contributed by atoms with E-state index in [9.17, 15) is 24.0 Å². The molecule has 0 saturated carbocycles. The number of hydrogen-bond acceptors (Lipinski definition) is 6. The average Bonchev–Trinajstić information content (AvgIpc) is 2.89. The number of ketones is 1. The molecule has 0 spiro atoms. The molecule has 1 atom stereocenters. The summed E-state index contributed by atoms with van der Waals surface area (Å²) in [5.74, 6) is -2.37. The number of imide groups is 1. The van der Waals surface area contributed by atoms with Gasteiger partial charge in [0.25, 0.3) is 17.7 Å². The Kier molecular flexibility index (Phi) is 7.01. The van der Waals surface area contributed by atoms with Crippen LogP contribution in [-0.4, -0.2) is 53.1 Å². The van der Waals surface area contributed by atoms with Crippen molar-refractivity contribution >= 4 is 40.9 Å². The standard InChI is InChI=1S/C23H30N4O6/c1-12(2)18(29)24-13-9-10-15(33-8)14(11-13)25-19(30)16(17(28)22(3,4)5)27-20(31)23(6,7)26-21(27)32/h9-11,16H,1H2,2-8H3,(H,24,29)(H,25,30)(H,26,32). The van der Waals surface area contributed by atoms with Crippen molar-refractivity contribution in [3.05, 3.63) is 30.4 Å². The number of carbonyl (C=O) groups excluding carboxylic acids is 5. The molecule has 10 heteroatoms. The van der Waals surface area contributed by atoms with Crippen molar-refractivity contribution in [2.75, 3.05) is 17.7 Å². The van der Waals surface area contributed by atoms with E-state index in [2.05, 4.69) is 22.5 Å². The molecule has 0 radical (unpaired) electrons. The highest BCUT2D eigenvalue weighted by atomic mass is 16.5. The lowest BCUT2D eigenvalue weighted by molar-refractivity contribution is -0.144. The molecule has 33 heavy (non-hydrogen) atoms. The fraction of sp³-hybridized carbons (Fsp3) is 0.435. The maximum absolute atomic E-state index is 13.3. The van der Waals surface area contributed by atoms with Crippen molar-refractivity contribution < 1.29 is 28.7 Å². The van der Waals surface area contributed by atoms with E-state index in [4.69, 9.17) is 4.74 Å². The van der Waals surface area contributed by atoms with Gasteiger partial charge in [0.05, 0.1) is 12.8 Å². The maximum atomic E-state index is 13.3. The molecule has 5 amide bonds. The first kappa shape index (κ1) is 25.6. The predicted octanol–water partition coefficient (Wildman–Crippen LogP) is 2.46. The zero-order chi connectivity index (χ0) is 25.3. The van der Waals surface area contributed by atoms with Crippen LogP contribution in [0.3, 0.4) is 0 Å². The minimum Gasteiger partial charge on any atom is -0.495 e. The number of anilines is 2. The van der Waals surface area contributed by atoms with Gasteiger partial charge in [0, 0.05) is 16.7 Å². The van der Waals surface area contributed by atoms with Gasteiger partial charge in [-0.25, -0.2) is 9.69 Å². The predicted molar refractivity (Wildman–Crippen MR) is 123 cm³/mol. The second-order valence-corrected chi connectivity index (χ2v) is 9.39. The van der Waals surface area contributed by atoms with Gasteiger partial charge in [0.1, 0.15) is 11.3 Å². The van der Waals surface area contributed by atoms with E-state index >= 15 is 0 Å². The van der Waals surface area contributed by atoms with E-state index in [0.717, 1.165) is 0 Å². The average molecular weight is 459 g/mol. The Morgan fingerprint density at radius 1 is 1.15 bits per heavy atom. The molecule has 1 fully saturated rings. The number of nitrogens with zero attached hydrogens (tertiary/aromatic N) is 1. The number of nitrogens with one attached hydrogen (secondary N) is 3. The van der Waals surface area contributed by atoms with Crippen LogP contribution >= 0.6 is 0 Å². The number of carbonyl (C=O) groups is 5. The van der Waals surface area contributed by atoms with Gasteiger partial charge in [0.15, 0.2) is 11.8 Å². The van der Waals surface area contributed by atoms with E-state index in [0.29, 0.717) is 10.6 Å². The second-order valence-electron chi connectivity index (χ2n) is 9.39. The monoisotopic (exact) mass is 458 g/mol. The number of rotatable bonds is 7. The summed E-state index contributed by atoms with van der Waals surface area (Å²) >= 11 is 0. The summed E-state index contributed by atoms with van der Waals surface area (Å²) in [5.41, 5.74) is -1.53. The van der Waals surface area contributed by atoms with Crippen LogP contribution in [0.5, 0.6) is 5.75 Å². The number of hydrogen-bond donors (Lipinski definition) is 3. The Labute approximate surface area is 192 Å². The zero-order valence-corrected chi connectivity index (χ0v) is 19.9. The van der Waals surface area contributed by atoms with Crippen LogP contribution in [0.25, 0.3) is 0 Å². The van der Waals surface area contributed by atoms with Crippen molar-refractivity contribution in [1.82, 2.24) is 10.2 Å². The summed E-state index contributed by atoms with van der Waals surface area (Å²) in [6, 6.07) is 1.97. The van der Waals surface area contributed by atoms with Crippen molar-refractivity contribution in [2.45, 2.75) is 53.1 Å². The molecular formula is C23H30N4O6. The fourth-order valence-electron chi connectivity index (χ4n) is 3.09. The van der Waals surface area contributed by atoms with Crippen LogP contribution in [0.1, 0.15) is 41.5 Å². The molecule has 1 saturated heterocycles. The molecule has 1 aliphatic heterocycles. The smallest absolute Gasteiger partial charge is 0.326 e. The first-order chi connectivity index (χ1) is 15.1. The SMILES string of the molecule is C=C(C)C(=O)Nc1ccc(OC)c(NC(=O)C(C(=O)C(C)(C)C)N2C(=O)NC(C)(C)C2=O)c1. The molecule has 0 aliphatic carbocycles. The summed E-state index contributed by atoms with van der Waals surface area (Å²) < 4.78 is 5.27. The van der Waals surface area contributed by atoms with Crippen LogP contribution in [-0.2, 0) is 19.2 Å². The van der Waals surface area contributed by atoms with Crippen LogP contribution in [0.4, 0.5) is 16.2 Å². The third kappa shape index (κ3) is 5.39. The van der Waals surface area contributed by atoms with Crippen LogP contribution < -0.4 is 20.7 Å². The van der Waals surface area contributed by atoms with Crippen LogP contribution in [0.15, 0.2) is 30.4 Å². The third-order valence-corrected chi connectivity index (χ3v) is 4.99. The van der Waals surface area contributed by atoms with Gasteiger partial charge in [-0.1, -0.05) is 27.4 Å². The minimum absolute atomic E-state index is 0.139. The molecule has 10 nitrogen and oxygen atoms in total. The van der Waals surface area contributed by atoms with Crippen molar-refractivity contribution in [3.8, 4) is 5.75 Å². The number of benzene rings is 1. The van der Waals surface area contributed by atoms with Gasteiger partial charge in [-0.05, 0) is 39.0 Å². The summed E-state index contributed by atoms with van der Waals surface area (Å²) in [6.07, 6.45) is 0. The van der Waals surface area contributed by atoms with Crippen molar-refractivity contribution in [2.24, 2.45) is 5.41 Å². The highest BCUT2D eigenvalue weighted by molar-refractivity contribution is 6.20. The molecule has 178 valence electrons. The quantitative estimate of drug-likeness (QED) is 0.326. The highest BCUT2D eigenvalue weighted by Gasteiger charge is 2.53. The van der Waals surface area contributed by atoms with E-state index < -0.39 is 46.5 Å². The number of Topliss-reactive ketones (excluding diaryl/α,β-unsaturated/α-hetero) is 1. The van der Waals surface area contributed by atoms with E-state index in [1.807, 2.05) is 0 Å². The molecule has 3 N–H and O–H groups in total. The topological polar surface area (TPSA) is 134 Å². The lowest BCUT2D eigenvalue weighted by atomic mass is 9.85. The van der Waals surface area contributed by atoms with E-state index in [-0.39, 0.29) is 17.0 Å². The van der Waals surface area contributed by atoms with Gasteiger partial charge in [-0.2, -0.15) is 0 Å². The number of amides is 5. The molecule has 1 aromatic carbocycles. The van der Waals surface area contributed by atoms with Crippen molar-refractivity contribution in [1.29, 1.82) is 0 Å². The lowest BCUT2D eigenvalue weighted by Crippen LogP contribution is -2.55. The first-order valence-corrected chi connectivity index (χ1v) is 10.3. The Balaban J connectivity index is 2.47. The summed E-state index contributed by atoms with van der Waals surface area (Å²) in [6.45, 7) is 12.9. The zero-order valence-electron chi connectivity index (χ0n) is 19.9. The Morgan fingerprint density at radius 2 is 1.76 bits per heavy atom. The Hall–Kier alpha value is -3.69. The molecule has 0 aromatic heterocycles. The highest BCUT2D eigenvalue weighted by Crippen LogP contribution is 2.30. The Morgan fingerprint density at radius 3 is 2.21 bits per heavy atom. The Bertz CT molecular complexity index is 1040. The van der Waals surface area contributed by atoms with E-state index in [1.165, 1.54) is 33.1 Å². The van der Waals surface area contributed by atoms with Gasteiger partial charge < -0.3 is 20.7 Å². The molecular weight excluding hydrogens is 428 g/mol. The second kappa shape index (κ2) is 9.05. The van der Waals surface area contributed by atoms with Crippen molar-refractivity contribution in [3.63, 3.8) is 0 Å². The van der Waals surface area contributed by atoms with Gasteiger partial charge >= 0.3 is 6.03 Å². The van der Waals surface area contributed by atoms with Crippen LogP contribution in [0.2, 0.25) is 0 Å².